The molecule has 0 aromatic heterocycles. The van der Waals surface area contributed by atoms with Crippen LogP contribution in [0.4, 0.5) is 0 Å². The van der Waals surface area contributed by atoms with E-state index in [1.807, 2.05) is 0 Å². The summed E-state index contributed by atoms with van der Waals surface area (Å²) in [7, 11) is 0. The molecule has 5 unspecified atom stereocenters. The van der Waals surface area contributed by atoms with Crippen LogP contribution in [0.15, 0.2) is 0 Å². The Morgan fingerprint density at radius 1 is 0.944 bits per heavy atom. The Morgan fingerprint density at radius 3 is 2.39 bits per heavy atom. The summed E-state index contributed by atoms with van der Waals surface area (Å²) in [5, 5.41) is 0. The van der Waals surface area contributed by atoms with Crippen molar-refractivity contribution in [2.24, 2.45) is 22.7 Å². The van der Waals surface area contributed by atoms with Gasteiger partial charge in [0.2, 0.25) is 0 Å². The maximum atomic E-state index is 6.34. The predicted octanol–water partition coefficient (Wildman–Crippen LogP) is 4.80. The molecular weight excluding hydrogens is 220 g/mol. The van der Waals surface area contributed by atoms with E-state index in [4.69, 9.17) is 4.74 Å². The zero-order valence-corrected chi connectivity index (χ0v) is 12.9. The number of rotatable bonds is 0. The Hall–Kier alpha value is -0.0400. The SMILES string of the molecule is CC1CC2C(C)(CCC3C(C)(C)CCCC32C)O1. The molecule has 2 aliphatic carbocycles. The predicted molar refractivity (Wildman–Crippen MR) is 75.5 cm³/mol. The zero-order chi connectivity index (χ0) is 13.2. The fourth-order valence-corrected chi connectivity index (χ4v) is 6.11. The van der Waals surface area contributed by atoms with Crippen molar-refractivity contribution >= 4 is 0 Å². The van der Waals surface area contributed by atoms with E-state index in [9.17, 15) is 0 Å². The van der Waals surface area contributed by atoms with Crippen molar-refractivity contribution in [3.05, 3.63) is 0 Å². The van der Waals surface area contributed by atoms with Gasteiger partial charge in [-0.3, -0.25) is 0 Å². The number of hydrogen-bond donors (Lipinski definition) is 0. The van der Waals surface area contributed by atoms with Crippen LogP contribution in [0, 0.1) is 22.7 Å². The van der Waals surface area contributed by atoms with E-state index >= 15 is 0 Å². The van der Waals surface area contributed by atoms with Gasteiger partial charge in [0, 0.05) is 0 Å². The molecule has 0 aromatic rings. The molecule has 1 saturated heterocycles. The van der Waals surface area contributed by atoms with Gasteiger partial charge in [0.1, 0.15) is 0 Å². The highest BCUT2D eigenvalue weighted by Crippen LogP contribution is 2.65. The van der Waals surface area contributed by atoms with E-state index in [2.05, 4.69) is 34.6 Å². The summed E-state index contributed by atoms with van der Waals surface area (Å²) < 4.78 is 6.34. The van der Waals surface area contributed by atoms with Gasteiger partial charge in [-0.2, -0.15) is 0 Å². The van der Waals surface area contributed by atoms with Crippen LogP contribution >= 0.6 is 0 Å². The lowest BCUT2D eigenvalue weighted by atomic mass is 9.45. The molecule has 3 fully saturated rings. The van der Waals surface area contributed by atoms with E-state index in [-0.39, 0.29) is 5.60 Å². The van der Waals surface area contributed by atoms with Gasteiger partial charge in [-0.05, 0) is 68.6 Å². The molecule has 18 heavy (non-hydrogen) atoms. The first-order valence-corrected chi connectivity index (χ1v) is 7.96. The summed E-state index contributed by atoms with van der Waals surface area (Å²) >= 11 is 0. The largest absolute Gasteiger partial charge is 0.372 e. The van der Waals surface area contributed by atoms with Crippen LogP contribution in [0.2, 0.25) is 0 Å². The zero-order valence-electron chi connectivity index (χ0n) is 12.9. The Morgan fingerprint density at radius 2 is 1.67 bits per heavy atom. The van der Waals surface area contributed by atoms with E-state index < -0.39 is 0 Å². The Balaban J connectivity index is 1.98. The molecule has 0 aromatic carbocycles. The Labute approximate surface area is 113 Å². The standard InChI is InChI=1S/C17H30O/c1-12-11-14-16(4)9-6-8-15(2,3)13(16)7-10-17(14,5)18-12/h12-14H,6-11H2,1-5H3. The van der Waals surface area contributed by atoms with Gasteiger partial charge in [0.25, 0.3) is 0 Å². The van der Waals surface area contributed by atoms with E-state index in [1.165, 1.54) is 38.5 Å². The van der Waals surface area contributed by atoms with Crippen LogP contribution in [0.1, 0.15) is 73.1 Å². The fourth-order valence-electron chi connectivity index (χ4n) is 6.11. The normalized spacial score (nSPS) is 54.8. The van der Waals surface area contributed by atoms with Gasteiger partial charge >= 0.3 is 0 Å². The quantitative estimate of drug-likeness (QED) is 0.600. The number of fused-ring (bicyclic) bond motifs is 3. The van der Waals surface area contributed by atoms with Crippen LogP contribution in [0.5, 0.6) is 0 Å². The van der Waals surface area contributed by atoms with E-state index in [1.54, 1.807) is 0 Å². The molecule has 3 rings (SSSR count). The summed E-state index contributed by atoms with van der Waals surface area (Å²) in [5.74, 6) is 1.70. The minimum atomic E-state index is 0.179. The monoisotopic (exact) mass is 250 g/mol. The number of ether oxygens (including phenoxy) is 1. The van der Waals surface area contributed by atoms with Crippen LogP contribution in [0.3, 0.4) is 0 Å². The van der Waals surface area contributed by atoms with Gasteiger partial charge in [0.05, 0.1) is 11.7 Å². The lowest BCUT2D eigenvalue weighted by molar-refractivity contribution is -0.153. The molecule has 1 heterocycles. The van der Waals surface area contributed by atoms with Gasteiger partial charge in [-0.1, -0.05) is 27.2 Å². The van der Waals surface area contributed by atoms with Crippen molar-refractivity contribution < 1.29 is 4.74 Å². The summed E-state index contributed by atoms with van der Waals surface area (Å²) in [6.07, 6.45) is 8.70. The van der Waals surface area contributed by atoms with E-state index in [0.717, 1.165) is 11.8 Å². The first kappa shape index (κ1) is 13.0. The van der Waals surface area contributed by atoms with Crippen molar-refractivity contribution in [3.8, 4) is 0 Å². The summed E-state index contributed by atoms with van der Waals surface area (Å²) in [5.41, 5.74) is 1.25. The van der Waals surface area contributed by atoms with Crippen LogP contribution in [-0.4, -0.2) is 11.7 Å². The topological polar surface area (TPSA) is 9.23 Å². The highest BCUT2D eigenvalue weighted by molar-refractivity contribution is 5.10. The molecule has 0 spiro atoms. The first-order valence-electron chi connectivity index (χ1n) is 7.96. The van der Waals surface area contributed by atoms with Crippen molar-refractivity contribution in [1.29, 1.82) is 0 Å². The second kappa shape index (κ2) is 3.75. The molecule has 5 atom stereocenters. The third-order valence-electron chi connectivity index (χ3n) is 6.78. The van der Waals surface area contributed by atoms with Crippen molar-refractivity contribution in [2.75, 3.05) is 0 Å². The molecule has 3 aliphatic rings. The van der Waals surface area contributed by atoms with Crippen LogP contribution < -0.4 is 0 Å². The Kier molecular flexibility index (Phi) is 2.70. The van der Waals surface area contributed by atoms with Crippen LogP contribution in [0.25, 0.3) is 0 Å². The lowest BCUT2D eigenvalue weighted by Crippen LogP contribution is -2.55. The van der Waals surface area contributed by atoms with Crippen LogP contribution in [-0.2, 0) is 4.74 Å². The van der Waals surface area contributed by atoms with Gasteiger partial charge in [-0.15, -0.1) is 0 Å². The van der Waals surface area contributed by atoms with Gasteiger partial charge in [-0.25, -0.2) is 0 Å². The molecule has 0 bridgehead atoms. The number of hydrogen-bond acceptors (Lipinski definition) is 1. The van der Waals surface area contributed by atoms with Crippen molar-refractivity contribution in [3.63, 3.8) is 0 Å². The molecule has 1 heteroatoms. The first-order chi connectivity index (χ1) is 8.28. The summed E-state index contributed by atoms with van der Waals surface area (Å²) in [6, 6.07) is 0. The minimum Gasteiger partial charge on any atom is -0.372 e. The molecule has 0 radical (unpaired) electrons. The molecule has 0 amide bonds. The second-order valence-corrected chi connectivity index (χ2v) is 8.47. The fraction of sp³-hybridized carbons (Fsp3) is 1.00. The molecule has 104 valence electrons. The minimum absolute atomic E-state index is 0.179. The van der Waals surface area contributed by atoms with Gasteiger partial charge < -0.3 is 4.74 Å². The molecule has 2 saturated carbocycles. The third-order valence-corrected chi connectivity index (χ3v) is 6.78. The highest BCUT2D eigenvalue weighted by Gasteiger charge is 2.61. The maximum absolute atomic E-state index is 6.34. The highest BCUT2D eigenvalue weighted by atomic mass is 16.5. The Bertz CT molecular complexity index is 348. The molecule has 0 N–H and O–H groups in total. The summed E-state index contributed by atoms with van der Waals surface area (Å²) in [6.45, 7) is 12.3. The van der Waals surface area contributed by atoms with Gasteiger partial charge in [0.15, 0.2) is 0 Å². The molecular formula is C17H30O. The van der Waals surface area contributed by atoms with Crippen molar-refractivity contribution in [1.82, 2.24) is 0 Å². The smallest absolute Gasteiger partial charge is 0.0692 e. The average Bonchev–Trinajstić information content (AvgIpc) is 2.53. The summed E-state index contributed by atoms with van der Waals surface area (Å²) in [4.78, 5) is 0. The molecule has 1 aliphatic heterocycles. The molecule has 1 nitrogen and oxygen atoms in total. The maximum Gasteiger partial charge on any atom is 0.0692 e. The third kappa shape index (κ3) is 1.62. The average molecular weight is 250 g/mol. The van der Waals surface area contributed by atoms with E-state index in [0.29, 0.717) is 16.9 Å². The second-order valence-electron chi connectivity index (χ2n) is 8.47. The lowest BCUT2D eigenvalue weighted by Gasteiger charge is -2.60. The van der Waals surface area contributed by atoms with Crippen molar-refractivity contribution in [2.45, 2.75) is 84.8 Å².